The Morgan fingerprint density at radius 3 is 2.21 bits per heavy atom. The van der Waals surface area contributed by atoms with Crippen molar-refractivity contribution in [2.24, 2.45) is 0 Å². The van der Waals surface area contributed by atoms with E-state index in [-0.39, 0.29) is 11.6 Å². The van der Waals surface area contributed by atoms with Gasteiger partial charge in [-0.15, -0.1) is 0 Å². The Bertz CT molecular complexity index is 816. The third-order valence-electron chi connectivity index (χ3n) is 4.96. The summed E-state index contributed by atoms with van der Waals surface area (Å²) in [5.74, 6) is 0.159. The van der Waals surface area contributed by atoms with Crippen molar-refractivity contribution < 1.29 is 23.0 Å². The number of para-hydroxylation sites is 1. The average Bonchev–Trinajstić information content (AvgIpc) is 2.72. The zero-order chi connectivity index (χ0) is 20.1. The molecule has 1 saturated heterocycles. The summed E-state index contributed by atoms with van der Waals surface area (Å²) < 4.78 is 38.4. The maximum atomic E-state index is 13.9. The number of methoxy groups -OCH3 is 2. The monoisotopic (exact) mass is 390 g/mol. The van der Waals surface area contributed by atoms with Crippen molar-refractivity contribution >= 4 is 11.6 Å². The molecule has 2 aromatic carbocycles. The SMILES string of the molecule is COc1ccc(CCC(=O)N2CCN(c3c(F)cccc3F)CC2)cc1OC. The molecule has 0 atom stereocenters. The highest BCUT2D eigenvalue weighted by Crippen LogP contribution is 2.28. The number of anilines is 1. The van der Waals surface area contributed by atoms with Crippen LogP contribution < -0.4 is 14.4 Å². The lowest BCUT2D eigenvalue weighted by Crippen LogP contribution is -2.49. The van der Waals surface area contributed by atoms with E-state index in [1.807, 2.05) is 18.2 Å². The fraction of sp³-hybridized carbons (Fsp3) is 0.381. The zero-order valence-corrected chi connectivity index (χ0v) is 16.1. The molecule has 3 rings (SSSR count). The fourth-order valence-corrected chi connectivity index (χ4v) is 3.42. The van der Waals surface area contributed by atoms with Crippen LogP contribution in [0.3, 0.4) is 0 Å². The molecule has 1 fully saturated rings. The van der Waals surface area contributed by atoms with Crippen LogP contribution in [0.5, 0.6) is 11.5 Å². The lowest BCUT2D eigenvalue weighted by atomic mass is 10.1. The van der Waals surface area contributed by atoms with Crippen LogP contribution in [0.15, 0.2) is 36.4 Å². The number of aryl methyl sites for hydroxylation is 1. The van der Waals surface area contributed by atoms with E-state index in [1.54, 1.807) is 24.0 Å². The highest BCUT2D eigenvalue weighted by molar-refractivity contribution is 5.77. The van der Waals surface area contributed by atoms with Crippen LogP contribution in [0, 0.1) is 11.6 Å². The van der Waals surface area contributed by atoms with Gasteiger partial charge in [-0.3, -0.25) is 4.79 Å². The Morgan fingerprint density at radius 1 is 0.964 bits per heavy atom. The van der Waals surface area contributed by atoms with Gasteiger partial charge in [-0.2, -0.15) is 0 Å². The molecule has 0 bridgehead atoms. The molecular weight excluding hydrogens is 366 g/mol. The second-order valence-corrected chi connectivity index (χ2v) is 6.63. The topological polar surface area (TPSA) is 42.0 Å². The third kappa shape index (κ3) is 4.35. The minimum Gasteiger partial charge on any atom is -0.493 e. The Labute approximate surface area is 163 Å². The van der Waals surface area contributed by atoms with E-state index < -0.39 is 11.6 Å². The van der Waals surface area contributed by atoms with E-state index in [1.165, 1.54) is 18.2 Å². The van der Waals surface area contributed by atoms with Gasteiger partial charge in [0.25, 0.3) is 0 Å². The number of nitrogens with zero attached hydrogens (tertiary/aromatic N) is 2. The molecule has 0 aliphatic carbocycles. The summed E-state index contributed by atoms with van der Waals surface area (Å²) in [6.45, 7) is 1.69. The molecule has 0 spiro atoms. The van der Waals surface area contributed by atoms with Gasteiger partial charge in [0.15, 0.2) is 11.5 Å². The molecule has 1 heterocycles. The largest absolute Gasteiger partial charge is 0.493 e. The molecule has 5 nitrogen and oxygen atoms in total. The first-order valence-electron chi connectivity index (χ1n) is 9.21. The minimum absolute atomic E-state index is 0.0140. The molecule has 1 amide bonds. The summed E-state index contributed by atoms with van der Waals surface area (Å²) in [7, 11) is 3.15. The van der Waals surface area contributed by atoms with Crippen molar-refractivity contribution in [2.45, 2.75) is 12.8 Å². The summed E-state index contributed by atoms with van der Waals surface area (Å²) >= 11 is 0. The second kappa shape index (κ2) is 8.91. The van der Waals surface area contributed by atoms with E-state index >= 15 is 0 Å². The number of carbonyl (C=O) groups is 1. The van der Waals surface area contributed by atoms with Crippen molar-refractivity contribution in [1.29, 1.82) is 0 Å². The molecule has 0 aromatic heterocycles. The van der Waals surface area contributed by atoms with Gasteiger partial charge in [-0.05, 0) is 36.2 Å². The first-order valence-corrected chi connectivity index (χ1v) is 9.21. The van der Waals surface area contributed by atoms with Crippen LogP contribution in [-0.2, 0) is 11.2 Å². The van der Waals surface area contributed by atoms with Crippen LogP contribution in [0.25, 0.3) is 0 Å². The lowest BCUT2D eigenvalue weighted by molar-refractivity contribution is -0.131. The fourth-order valence-electron chi connectivity index (χ4n) is 3.42. The van der Waals surface area contributed by atoms with Crippen LogP contribution in [0.4, 0.5) is 14.5 Å². The van der Waals surface area contributed by atoms with Gasteiger partial charge >= 0.3 is 0 Å². The summed E-state index contributed by atoms with van der Waals surface area (Å²) in [6.07, 6.45) is 0.949. The Kier molecular flexibility index (Phi) is 6.34. The van der Waals surface area contributed by atoms with E-state index in [0.29, 0.717) is 50.5 Å². The molecule has 150 valence electrons. The number of amides is 1. The van der Waals surface area contributed by atoms with Gasteiger partial charge in [-0.25, -0.2) is 8.78 Å². The Hall–Kier alpha value is -2.83. The number of halogens is 2. The zero-order valence-electron chi connectivity index (χ0n) is 16.1. The van der Waals surface area contributed by atoms with Crippen molar-refractivity contribution in [1.82, 2.24) is 4.90 Å². The average molecular weight is 390 g/mol. The third-order valence-corrected chi connectivity index (χ3v) is 4.96. The van der Waals surface area contributed by atoms with Gasteiger partial charge < -0.3 is 19.3 Å². The molecule has 0 unspecified atom stereocenters. The van der Waals surface area contributed by atoms with E-state index in [4.69, 9.17) is 9.47 Å². The van der Waals surface area contributed by atoms with E-state index in [2.05, 4.69) is 0 Å². The maximum absolute atomic E-state index is 13.9. The highest BCUT2D eigenvalue weighted by Gasteiger charge is 2.24. The molecule has 0 saturated carbocycles. The number of rotatable bonds is 6. The van der Waals surface area contributed by atoms with Crippen LogP contribution in [0.1, 0.15) is 12.0 Å². The normalized spacial score (nSPS) is 14.1. The maximum Gasteiger partial charge on any atom is 0.223 e. The quantitative estimate of drug-likeness (QED) is 0.759. The summed E-state index contributed by atoms with van der Waals surface area (Å²) in [5.41, 5.74) is 0.970. The number of hydrogen-bond acceptors (Lipinski definition) is 4. The van der Waals surface area contributed by atoms with E-state index in [9.17, 15) is 13.6 Å². The lowest BCUT2D eigenvalue weighted by Gasteiger charge is -2.36. The van der Waals surface area contributed by atoms with Crippen molar-refractivity contribution in [3.05, 3.63) is 53.6 Å². The molecule has 0 radical (unpaired) electrons. The molecule has 0 N–H and O–H groups in total. The van der Waals surface area contributed by atoms with Crippen molar-refractivity contribution in [2.75, 3.05) is 45.3 Å². The highest BCUT2D eigenvalue weighted by atomic mass is 19.1. The number of piperazine rings is 1. The summed E-state index contributed by atoms with van der Waals surface area (Å²) in [6, 6.07) is 9.44. The summed E-state index contributed by atoms with van der Waals surface area (Å²) in [4.78, 5) is 15.9. The first kappa shape index (κ1) is 19.9. The van der Waals surface area contributed by atoms with Crippen molar-refractivity contribution in [3.8, 4) is 11.5 Å². The molecule has 1 aliphatic heterocycles. The van der Waals surface area contributed by atoms with Gasteiger partial charge in [-0.1, -0.05) is 12.1 Å². The van der Waals surface area contributed by atoms with Gasteiger partial charge in [0.05, 0.1) is 14.2 Å². The smallest absolute Gasteiger partial charge is 0.223 e. The second-order valence-electron chi connectivity index (χ2n) is 6.63. The minimum atomic E-state index is -0.576. The van der Waals surface area contributed by atoms with Crippen LogP contribution in [-0.4, -0.2) is 51.2 Å². The number of benzene rings is 2. The van der Waals surface area contributed by atoms with Crippen molar-refractivity contribution in [3.63, 3.8) is 0 Å². The number of carbonyl (C=O) groups excluding carboxylic acids is 1. The van der Waals surface area contributed by atoms with Gasteiger partial charge in [0.2, 0.25) is 5.91 Å². The summed E-state index contributed by atoms with van der Waals surface area (Å²) in [5, 5.41) is 0. The molecule has 1 aliphatic rings. The van der Waals surface area contributed by atoms with Crippen LogP contribution in [0.2, 0.25) is 0 Å². The molecule has 28 heavy (non-hydrogen) atoms. The van der Waals surface area contributed by atoms with Gasteiger partial charge in [0.1, 0.15) is 17.3 Å². The Balaban J connectivity index is 1.54. The van der Waals surface area contributed by atoms with E-state index in [0.717, 1.165) is 5.56 Å². The number of ether oxygens (including phenoxy) is 2. The predicted molar refractivity (Wildman–Crippen MR) is 103 cm³/mol. The molecule has 2 aromatic rings. The molecular formula is C21H24F2N2O3. The number of hydrogen-bond donors (Lipinski definition) is 0. The van der Waals surface area contributed by atoms with Gasteiger partial charge in [0, 0.05) is 32.6 Å². The standard InChI is InChI=1S/C21H24F2N2O3/c1-27-18-8-6-15(14-19(18)28-2)7-9-20(26)24-10-12-25(13-11-24)21-16(22)4-3-5-17(21)23/h3-6,8,14H,7,9-13H2,1-2H3. The Morgan fingerprint density at radius 2 is 1.61 bits per heavy atom. The predicted octanol–water partition coefficient (Wildman–Crippen LogP) is 3.26. The molecule has 7 heteroatoms. The first-order chi connectivity index (χ1) is 13.5. The van der Waals surface area contributed by atoms with Crippen LogP contribution >= 0.6 is 0 Å².